The van der Waals surface area contributed by atoms with Crippen LogP contribution in [0.2, 0.25) is 0 Å². The van der Waals surface area contributed by atoms with Gasteiger partial charge in [0.1, 0.15) is 11.6 Å². The number of benzene rings is 2. The van der Waals surface area contributed by atoms with Crippen molar-refractivity contribution in [3.8, 4) is 5.75 Å². The maximum atomic E-state index is 13.3. The molecule has 21 heavy (non-hydrogen) atoms. The molecule has 1 N–H and O–H groups in total. The van der Waals surface area contributed by atoms with Crippen LogP contribution in [0.5, 0.6) is 5.75 Å². The van der Waals surface area contributed by atoms with Crippen LogP contribution in [0.25, 0.3) is 0 Å². The van der Waals surface area contributed by atoms with Gasteiger partial charge >= 0.3 is 0 Å². The third kappa shape index (κ3) is 3.75. The maximum absolute atomic E-state index is 13.3. The molecule has 0 heterocycles. The molecule has 0 saturated heterocycles. The minimum absolute atomic E-state index is 0.286. The number of nitrogens with one attached hydrogen (secondary N) is 1. The van der Waals surface area contributed by atoms with Crippen LogP contribution < -0.4 is 10.1 Å². The molecule has 0 spiro atoms. The monoisotopic (exact) mass is 287 g/mol. The van der Waals surface area contributed by atoms with Gasteiger partial charge in [-0.2, -0.15) is 0 Å². The zero-order valence-electron chi connectivity index (χ0n) is 13.1. The largest absolute Gasteiger partial charge is 0.492 e. The lowest BCUT2D eigenvalue weighted by Gasteiger charge is -2.15. The first-order valence-electron chi connectivity index (χ1n) is 7.24. The Morgan fingerprint density at radius 2 is 1.71 bits per heavy atom. The summed E-state index contributed by atoms with van der Waals surface area (Å²) in [6.07, 6.45) is 0. The van der Waals surface area contributed by atoms with Crippen molar-refractivity contribution in [1.82, 2.24) is 0 Å². The quantitative estimate of drug-likeness (QED) is 0.856. The average molecular weight is 287 g/mol. The molecule has 2 aromatic rings. The van der Waals surface area contributed by atoms with Crippen molar-refractivity contribution in [2.75, 3.05) is 11.9 Å². The summed E-state index contributed by atoms with van der Waals surface area (Å²) in [6, 6.07) is 8.97. The van der Waals surface area contributed by atoms with Gasteiger partial charge in [0, 0.05) is 12.6 Å². The Labute approximate surface area is 126 Å². The van der Waals surface area contributed by atoms with Crippen LogP contribution in [-0.2, 0) is 6.54 Å². The van der Waals surface area contributed by atoms with Gasteiger partial charge in [-0.25, -0.2) is 4.39 Å². The van der Waals surface area contributed by atoms with Gasteiger partial charge in [0.15, 0.2) is 0 Å². The summed E-state index contributed by atoms with van der Waals surface area (Å²) in [5, 5.41) is 3.34. The fraction of sp³-hybridized carbons (Fsp3) is 0.333. The lowest BCUT2D eigenvalue weighted by molar-refractivity contribution is 0.340. The number of aryl methyl sites for hydroxylation is 3. The molecule has 0 aromatic heterocycles. The molecule has 2 rings (SSSR count). The molecule has 0 bridgehead atoms. The molecule has 0 saturated carbocycles. The van der Waals surface area contributed by atoms with E-state index in [-0.39, 0.29) is 5.82 Å². The van der Waals surface area contributed by atoms with Crippen molar-refractivity contribution in [3.05, 3.63) is 58.4 Å². The Kier molecular flexibility index (Phi) is 4.84. The van der Waals surface area contributed by atoms with E-state index in [2.05, 4.69) is 38.2 Å². The first-order valence-corrected chi connectivity index (χ1v) is 7.24. The molecular formula is C18H22FNO. The number of anilines is 1. The predicted octanol–water partition coefficient (Wildman–Crippen LogP) is 4.76. The molecule has 112 valence electrons. The maximum Gasteiger partial charge on any atom is 0.145 e. The van der Waals surface area contributed by atoms with E-state index in [0.29, 0.717) is 18.9 Å². The zero-order valence-corrected chi connectivity index (χ0v) is 13.1. The molecule has 0 aliphatic heterocycles. The van der Waals surface area contributed by atoms with Gasteiger partial charge in [-0.1, -0.05) is 12.1 Å². The standard InChI is InChI=1S/C18H22FNO/c1-5-21-18-10-16(19)6-7-17(18)20-11-15-9-13(3)12(2)8-14(15)4/h6-10,20H,5,11H2,1-4H3. The second kappa shape index (κ2) is 6.61. The Morgan fingerprint density at radius 1 is 1.00 bits per heavy atom. The molecule has 0 amide bonds. The average Bonchev–Trinajstić information content (AvgIpc) is 2.43. The number of rotatable bonds is 5. The van der Waals surface area contributed by atoms with Crippen LogP contribution in [0.15, 0.2) is 30.3 Å². The summed E-state index contributed by atoms with van der Waals surface area (Å²) in [4.78, 5) is 0. The summed E-state index contributed by atoms with van der Waals surface area (Å²) in [5.74, 6) is 0.269. The Morgan fingerprint density at radius 3 is 2.43 bits per heavy atom. The van der Waals surface area contributed by atoms with E-state index in [1.807, 2.05) is 6.92 Å². The van der Waals surface area contributed by atoms with E-state index < -0.39 is 0 Å². The second-order valence-corrected chi connectivity index (χ2v) is 5.29. The van der Waals surface area contributed by atoms with E-state index in [1.54, 1.807) is 6.07 Å². The van der Waals surface area contributed by atoms with Crippen LogP contribution in [0.4, 0.5) is 10.1 Å². The van der Waals surface area contributed by atoms with Crippen molar-refractivity contribution in [2.24, 2.45) is 0 Å². The third-order valence-corrected chi connectivity index (χ3v) is 3.67. The molecular weight excluding hydrogens is 265 g/mol. The summed E-state index contributed by atoms with van der Waals surface area (Å²) < 4.78 is 18.8. The fourth-order valence-electron chi connectivity index (χ4n) is 2.32. The fourth-order valence-corrected chi connectivity index (χ4v) is 2.32. The predicted molar refractivity (Wildman–Crippen MR) is 85.5 cm³/mol. The molecule has 0 aliphatic carbocycles. The van der Waals surface area contributed by atoms with E-state index >= 15 is 0 Å². The van der Waals surface area contributed by atoms with Crippen LogP contribution >= 0.6 is 0 Å². The SMILES string of the molecule is CCOc1cc(F)ccc1NCc1cc(C)c(C)cc1C. The highest BCUT2D eigenvalue weighted by Crippen LogP contribution is 2.26. The second-order valence-electron chi connectivity index (χ2n) is 5.29. The van der Waals surface area contributed by atoms with Crippen LogP contribution in [0.1, 0.15) is 29.2 Å². The summed E-state index contributed by atoms with van der Waals surface area (Å²) in [5.41, 5.74) is 5.89. The Bertz CT molecular complexity index is 637. The molecule has 0 atom stereocenters. The van der Waals surface area contributed by atoms with Gasteiger partial charge in [-0.15, -0.1) is 0 Å². The minimum atomic E-state index is -0.286. The van der Waals surface area contributed by atoms with Crippen LogP contribution in [-0.4, -0.2) is 6.61 Å². The number of ether oxygens (including phenoxy) is 1. The van der Waals surface area contributed by atoms with Crippen LogP contribution in [0.3, 0.4) is 0 Å². The van der Waals surface area contributed by atoms with Gasteiger partial charge in [0.25, 0.3) is 0 Å². The smallest absolute Gasteiger partial charge is 0.145 e. The van der Waals surface area contributed by atoms with Crippen molar-refractivity contribution in [3.63, 3.8) is 0 Å². The van der Waals surface area contributed by atoms with Crippen molar-refractivity contribution < 1.29 is 9.13 Å². The van der Waals surface area contributed by atoms with Gasteiger partial charge < -0.3 is 10.1 Å². The molecule has 3 heteroatoms. The lowest BCUT2D eigenvalue weighted by Crippen LogP contribution is -2.05. The van der Waals surface area contributed by atoms with Crippen molar-refractivity contribution in [2.45, 2.75) is 34.2 Å². The highest BCUT2D eigenvalue weighted by atomic mass is 19.1. The zero-order chi connectivity index (χ0) is 15.4. The summed E-state index contributed by atoms with van der Waals surface area (Å²) in [6.45, 7) is 9.44. The van der Waals surface area contributed by atoms with E-state index in [1.165, 1.54) is 34.4 Å². The number of halogens is 1. The molecule has 0 fully saturated rings. The van der Waals surface area contributed by atoms with E-state index in [9.17, 15) is 4.39 Å². The number of hydrogen-bond donors (Lipinski definition) is 1. The number of hydrogen-bond acceptors (Lipinski definition) is 2. The Hall–Kier alpha value is -2.03. The highest BCUT2D eigenvalue weighted by molar-refractivity contribution is 5.57. The van der Waals surface area contributed by atoms with E-state index in [4.69, 9.17) is 4.74 Å². The molecule has 0 radical (unpaired) electrons. The van der Waals surface area contributed by atoms with Gasteiger partial charge in [0.05, 0.1) is 12.3 Å². The van der Waals surface area contributed by atoms with Gasteiger partial charge in [-0.05, 0) is 62.1 Å². The summed E-state index contributed by atoms with van der Waals surface area (Å²) >= 11 is 0. The van der Waals surface area contributed by atoms with Crippen molar-refractivity contribution in [1.29, 1.82) is 0 Å². The molecule has 2 aromatic carbocycles. The molecule has 2 nitrogen and oxygen atoms in total. The first kappa shape index (κ1) is 15.4. The molecule has 0 unspecified atom stereocenters. The molecule has 0 aliphatic rings. The lowest BCUT2D eigenvalue weighted by atomic mass is 10.0. The first-order chi connectivity index (χ1) is 10.0. The van der Waals surface area contributed by atoms with Crippen molar-refractivity contribution >= 4 is 5.69 Å². The van der Waals surface area contributed by atoms with Gasteiger partial charge in [0.2, 0.25) is 0 Å². The summed E-state index contributed by atoms with van der Waals surface area (Å²) in [7, 11) is 0. The Balaban J connectivity index is 2.18. The van der Waals surface area contributed by atoms with Gasteiger partial charge in [-0.3, -0.25) is 0 Å². The normalized spacial score (nSPS) is 10.5. The highest BCUT2D eigenvalue weighted by Gasteiger charge is 2.07. The third-order valence-electron chi connectivity index (χ3n) is 3.67. The van der Waals surface area contributed by atoms with E-state index in [0.717, 1.165) is 5.69 Å². The van der Waals surface area contributed by atoms with Crippen LogP contribution in [0, 0.1) is 26.6 Å². The topological polar surface area (TPSA) is 21.3 Å². The minimum Gasteiger partial charge on any atom is -0.492 e.